The van der Waals surface area contributed by atoms with Gasteiger partial charge in [0.25, 0.3) is 0 Å². The minimum atomic E-state index is -1.04. The van der Waals surface area contributed by atoms with Crippen molar-refractivity contribution in [2.45, 2.75) is 25.8 Å². The summed E-state index contributed by atoms with van der Waals surface area (Å²) in [5.41, 5.74) is 2.24. The molecule has 2 aromatic rings. The van der Waals surface area contributed by atoms with Crippen LogP contribution in [0.3, 0.4) is 0 Å². The number of benzene rings is 2. The molecule has 2 bridgehead atoms. The van der Waals surface area contributed by atoms with Crippen molar-refractivity contribution in [3.8, 4) is 28.7 Å². The molecular weight excluding hydrogens is 466 g/mol. The van der Waals surface area contributed by atoms with Crippen LogP contribution in [0.5, 0.6) is 28.7 Å². The van der Waals surface area contributed by atoms with E-state index in [-0.39, 0.29) is 37.2 Å². The number of esters is 1. The van der Waals surface area contributed by atoms with E-state index >= 15 is 0 Å². The highest BCUT2D eigenvalue weighted by molar-refractivity contribution is 5.88. The van der Waals surface area contributed by atoms with Gasteiger partial charge in [0.1, 0.15) is 5.41 Å². The van der Waals surface area contributed by atoms with Crippen molar-refractivity contribution in [3.05, 3.63) is 52.7 Å². The number of ether oxygens (including phenoxy) is 6. The van der Waals surface area contributed by atoms with Crippen LogP contribution in [-0.2, 0) is 14.3 Å². The van der Waals surface area contributed by atoms with Crippen LogP contribution in [0.15, 0.2) is 36.0 Å². The normalized spacial score (nSPS) is 27.0. The largest absolute Gasteiger partial charge is 0.493 e. The smallest absolute Gasteiger partial charge is 0.317 e. The van der Waals surface area contributed by atoms with Crippen LogP contribution in [0.2, 0.25) is 0 Å². The minimum absolute atomic E-state index is 0.100. The topological polar surface area (TPSA) is 92.8 Å². The molecule has 0 spiro atoms. The average Bonchev–Trinajstić information content (AvgIpc) is 3.46. The number of hydrogen-bond acceptors (Lipinski definition) is 8. The average molecular weight is 494 g/mol. The number of rotatable bonds is 4. The molecule has 4 atom stereocenters. The lowest BCUT2D eigenvalue weighted by molar-refractivity contribution is -0.146. The molecule has 188 valence electrons. The number of carbonyl (C=O) groups excluding carboxylic acids is 2. The van der Waals surface area contributed by atoms with Crippen LogP contribution in [0.25, 0.3) is 0 Å². The monoisotopic (exact) mass is 493 g/mol. The third-order valence-corrected chi connectivity index (χ3v) is 7.89. The summed E-state index contributed by atoms with van der Waals surface area (Å²) < 4.78 is 34.0. The Bertz CT molecular complexity index is 1310. The van der Waals surface area contributed by atoms with E-state index in [1.54, 1.807) is 33.2 Å². The van der Waals surface area contributed by atoms with Gasteiger partial charge in [-0.05, 0) is 54.0 Å². The highest BCUT2D eigenvalue weighted by Crippen LogP contribution is 2.66. The summed E-state index contributed by atoms with van der Waals surface area (Å²) in [5, 5.41) is 0. The number of amides is 1. The zero-order valence-corrected chi connectivity index (χ0v) is 20.7. The van der Waals surface area contributed by atoms with Crippen molar-refractivity contribution in [2.24, 2.45) is 11.3 Å². The minimum Gasteiger partial charge on any atom is -0.493 e. The van der Waals surface area contributed by atoms with Gasteiger partial charge in [-0.25, -0.2) is 0 Å². The number of fused-ring (bicyclic) bond motifs is 3. The van der Waals surface area contributed by atoms with Crippen LogP contribution >= 0.6 is 0 Å². The number of cyclic esters (lactones) is 1. The van der Waals surface area contributed by atoms with Gasteiger partial charge in [-0.2, -0.15) is 0 Å². The molecule has 3 heterocycles. The van der Waals surface area contributed by atoms with Crippen molar-refractivity contribution in [1.29, 1.82) is 0 Å². The fourth-order valence-electron chi connectivity index (χ4n) is 6.59. The molecule has 0 unspecified atom stereocenters. The Balaban J connectivity index is 1.70. The van der Waals surface area contributed by atoms with E-state index in [0.717, 1.165) is 16.7 Å². The van der Waals surface area contributed by atoms with Gasteiger partial charge in [0, 0.05) is 24.5 Å². The second kappa shape index (κ2) is 7.81. The lowest BCUT2D eigenvalue weighted by Gasteiger charge is -2.53. The molecule has 1 amide bonds. The van der Waals surface area contributed by atoms with Gasteiger partial charge in [-0.15, -0.1) is 0 Å². The molecule has 4 aliphatic rings. The zero-order valence-electron chi connectivity index (χ0n) is 20.7. The van der Waals surface area contributed by atoms with E-state index in [1.807, 2.05) is 37.3 Å². The molecule has 3 aliphatic heterocycles. The van der Waals surface area contributed by atoms with Crippen molar-refractivity contribution >= 4 is 11.9 Å². The van der Waals surface area contributed by atoms with Crippen LogP contribution in [0.1, 0.15) is 42.5 Å². The van der Waals surface area contributed by atoms with E-state index in [9.17, 15) is 9.59 Å². The Kier molecular flexibility index (Phi) is 4.90. The maximum absolute atomic E-state index is 13.7. The molecule has 2 aromatic carbocycles. The molecule has 1 aliphatic carbocycles. The molecule has 0 aromatic heterocycles. The summed E-state index contributed by atoms with van der Waals surface area (Å²) in [6.07, 6.45) is 1.91. The first-order valence-corrected chi connectivity index (χ1v) is 11.8. The molecule has 1 saturated heterocycles. The third kappa shape index (κ3) is 2.76. The number of hydrogen-bond donors (Lipinski definition) is 0. The molecule has 1 fully saturated rings. The van der Waals surface area contributed by atoms with Gasteiger partial charge < -0.3 is 33.3 Å². The van der Waals surface area contributed by atoms with Crippen LogP contribution < -0.4 is 23.7 Å². The van der Waals surface area contributed by atoms with E-state index in [4.69, 9.17) is 28.4 Å². The summed E-state index contributed by atoms with van der Waals surface area (Å²) in [6, 6.07) is 7.22. The Morgan fingerprint density at radius 1 is 0.972 bits per heavy atom. The third-order valence-electron chi connectivity index (χ3n) is 7.89. The van der Waals surface area contributed by atoms with Gasteiger partial charge in [0.2, 0.25) is 18.4 Å². The van der Waals surface area contributed by atoms with Crippen LogP contribution in [0, 0.1) is 11.3 Å². The summed E-state index contributed by atoms with van der Waals surface area (Å²) in [7, 11) is 4.67. The van der Waals surface area contributed by atoms with Gasteiger partial charge >= 0.3 is 5.97 Å². The fraction of sp³-hybridized carbons (Fsp3) is 0.407. The highest BCUT2D eigenvalue weighted by Gasteiger charge is 2.66. The first kappa shape index (κ1) is 22.6. The van der Waals surface area contributed by atoms with Gasteiger partial charge in [0.05, 0.1) is 34.0 Å². The van der Waals surface area contributed by atoms with E-state index in [0.29, 0.717) is 34.4 Å². The van der Waals surface area contributed by atoms with Gasteiger partial charge in [-0.3, -0.25) is 9.59 Å². The van der Waals surface area contributed by atoms with Crippen molar-refractivity contribution < 1.29 is 38.0 Å². The Hall–Kier alpha value is -3.88. The van der Waals surface area contributed by atoms with Crippen molar-refractivity contribution in [2.75, 3.05) is 34.7 Å². The summed E-state index contributed by atoms with van der Waals surface area (Å²) >= 11 is 0. The lowest BCUT2D eigenvalue weighted by Crippen LogP contribution is -2.53. The summed E-state index contributed by atoms with van der Waals surface area (Å²) in [6.45, 7) is 3.72. The lowest BCUT2D eigenvalue weighted by atomic mass is 9.54. The molecule has 9 heteroatoms. The van der Waals surface area contributed by atoms with E-state index in [1.165, 1.54) is 0 Å². The maximum atomic E-state index is 13.7. The SMILES string of the molecule is COc1cc([C@@H]2c3cc4c(cc3[C@H]3[C@H]5COC(=O)[C@@]25C=C(C)N3C(C)=O)OCO4)cc(OC)c1OC. The predicted molar refractivity (Wildman–Crippen MR) is 126 cm³/mol. The molecule has 36 heavy (non-hydrogen) atoms. The molecule has 0 saturated carbocycles. The molecular formula is C27H27NO8. The number of nitrogens with zero attached hydrogens (tertiary/aromatic N) is 1. The highest BCUT2D eigenvalue weighted by atomic mass is 16.7. The number of carbonyl (C=O) groups is 2. The second-order valence-corrected chi connectivity index (χ2v) is 9.48. The van der Waals surface area contributed by atoms with Crippen LogP contribution in [0.4, 0.5) is 0 Å². The Labute approximate surface area is 208 Å². The summed E-state index contributed by atoms with van der Waals surface area (Å²) in [5.74, 6) is 1.47. The molecule has 6 rings (SSSR count). The predicted octanol–water partition coefficient (Wildman–Crippen LogP) is 3.55. The van der Waals surface area contributed by atoms with Crippen LogP contribution in [-0.4, -0.2) is 51.5 Å². The number of methoxy groups -OCH3 is 3. The standard InChI is InChI=1S/C27H27NO8/c1-13-10-27-18(11-34-26(27)30)24(28(13)14(2)29)17-9-20-19(35-12-36-20)8-16(17)23(27)15-6-21(31-3)25(33-5)22(7-15)32-4/h6-10,18,23-24H,11-12H2,1-5H3/t18-,23-,24+,27-/m1/s1. The molecule has 0 N–H and O–H groups in total. The first-order valence-electron chi connectivity index (χ1n) is 11.8. The quantitative estimate of drug-likeness (QED) is 0.597. The van der Waals surface area contributed by atoms with Crippen molar-refractivity contribution in [1.82, 2.24) is 4.90 Å². The Morgan fingerprint density at radius 2 is 1.61 bits per heavy atom. The number of allylic oxidation sites excluding steroid dienone is 1. The van der Waals surface area contributed by atoms with Crippen molar-refractivity contribution in [3.63, 3.8) is 0 Å². The first-order chi connectivity index (χ1) is 17.3. The maximum Gasteiger partial charge on any atom is 0.317 e. The molecule has 0 radical (unpaired) electrons. The fourth-order valence-corrected chi connectivity index (χ4v) is 6.59. The van der Waals surface area contributed by atoms with Gasteiger partial charge in [-0.1, -0.05) is 0 Å². The molecule has 9 nitrogen and oxygen atoms in total. The van der Waals surface area contributed by atoms with E-state index < -0.39 is 11.3 Å². The van der Waals surface area contributed by atoms with E-state index in [2.05, 4.69) is 0 Å². The Morgan fingerprint density at radius 3 is 2.19 bits per heavy atom. The second-order valence-electron chi connectivity index (χ2n) is 9.48. The zero-order chi connectivity index (χ0) is 25.4. The summed E-state index contributed by atoms with van der Waals surface area (Å²) in [4.78, 5) is 28.3. The van der Waals surface area contributed by atoms with Gasteiger partial charge in [0.15, 0.2) is 23.0 Å².